The number of Topliss-reactive ketones (excluding diaryl/α,β-unsaturated/α-hetero) is 1. The number of likely N-dealkylation sites (tertiary alicyclic amines) is 1. The molecular weight excluding hydrogens is 332 g/mol. The van der Waals surface area contributed by atoms with Crippen molar-refractivity contribution in [1.29, 1.82) is 0 Å². The Morgan fingerprint density at radius 3 is 2.65 bits per heavy atom. The number of esters is 1. The Bertz CT molecular complexity index is 803. The van der Waals surface area contributed by atoms with Crippen LogP contribution >= 0.6 is 0 Å². The van der Waals surface area contributed by atoms with Crippen LogP contribution in [0.5, 0.6) is 5.75 Å². The smallest absolute Gasteiger partial charge is 0.309 e. The highest BCUT2D eigenvalue weighted by molar-refractivity contribution is 6.10. The topological polar surface area (TPSA) is 71.6 Å². The first-order valence-electron chi connectivity index (χ1n) is 9.12. The second kappa shape index (κ2) is 7.91. The number of nitrogens with zero attached hydrogens (tertiary/aromatic N) is 1. The largest absolute Gasteiger partial charge is 0.497 e. The van der Waals surface area contributed by atoms with Crippen molar-refractivity contribution in [2.24, 2.45) is 5.92 Å². The summed E-state index contributed by atoms with van der Waals surface area (Å²) in [6.07, 6.45) is 1.49. The summed E-state index contributed by atoms with van der Waals surface area (Å²) in [7, 11) is 1.62. The van der Waals surface area contributed by atoms with Gasteiger partial charge in [0.2, 0.25) is 0 Å². The van der Waals surface area contributed by atoms with Crippen LogP contribution < -0.4 is 4.74 Å². The molecule has 6 nitrogen and oxygen atoms in total. The molecule has 0 unspecified atom stereocenters. The van der Waals surface area contributed by atoms with Crippen LogP contribution in [0, 0.1) is 12.8 Å². The van der Waals surface area contributed by atoms with Gasteiger partial charge in [-0.05, 0) is 58.0 Å². The van der Waals surface area contributed by atoms with E-state index in [0.29, 0.717) is 13.2 Å². The number of hydrogen-bond donors (Lipinski definition) is 1. The van der Waals surface area contributed by atoms with Crippen molar-refractivity contribution >= 4 is 22.7 Å². The van der Waals surface area contributed by atoms with E-state index in [0.717, 1.165) is 53.8 Å². The Morgan fingerprint density at radius 1 is 1.27 bits per heavy atom. The predicted octanol–water partition coefficient (Wildman–Crippen LogP) is 2.94. The number of carbonyl (C=O) groups excluding carboxylic acids is 2. The van der Waals surface area contributed by atoms with Crippen LogP contribution in [0.1, 0.15) is 35.8 Å². The lowest BCUT2D eigenvalue weighted by molar-refractivity contribution is -0.149. The fraction of sp³-hybridized carbons (Fsp3) is 0.500. The Kier molecular flexibility index (Phi) is 5.61. The maximum atomic E-state index is 12.9. The highest BCUT2D eigenvalue weighted by Gasteiger charge is 2.27. The van der Waals surface area contributed by atoms with Crippen molar-refractivity contribution in [3.63, 3.8) is 0 Å². The van der Waals surface area contributed by atoms with E-state index in [9.17, 15) is 9.59 Å². The normalized spacial score (nSPS) is 16.0. The molecule has 3 rings (SSSR count). The number of piperidine rings is 1. The van der Waals surface area contributed by atoms with Gasteiger partial charge in [-0.25, -0.2) is 0 Å². The zero-order valence-corrected chi connectivity index (χ0v) is 15.6. The third-order valence-corrected chi connectivity index (χ3v) is 5.05. The molecule has 140 valence electrons. The van der Waals surface area contributed by atoms with E-state index >= 15 is 0 Å². The summed E-state index contributed by atoms with van der Waals surface area (Å²) in [6, 6.07) is 5.72. The standard InChI is InChI=1S/C20H26N2O4/c1-4-26-20(24)14-7-9-22(10-8-14)12-18(23)19-13(2)21-17-6-5-15(25-3)11-16(17)19/h5-6,11,14,21H,4,7-10,12H2,1-3H3. The Labute approximate surface area is 153 Å². The molecule has 0 spiro atoms. The average molecular weight is 358 g/mol. The Morgan fingerprint density at radius 2 is 2.00 bits per heavy atom. The molecule has 1 aliphatic heterocycles. The van der Waals surface area contributed by atoms with Gasteiger partial charge in [0.15, 0.2) is 5.78 Å². The predicted molar refractivity (Wildman–Crippen MR) is 99.7 cm³/mol. The number of H-pyrrole nitrogens is 1. The number of ether oxygens (including phenoxy) is 2. The molecule has 1 aliphatic rings. The minimum absolute atomic E-state index is 0.0413. The Balaban J connectivity index is 1.68. The molecule has 0 atom stereocenters. The summed E-state index contributed by atoms with van der Waals surface area (Å²) in [5, 5.41) is 0.897. The van der Waals surface area contributed by atoms with Gasteiger partial charge in [-0.15, -0.1) is 0 Å². The van der Waals surface area contributed by atoms with E-state index in [-0.39, 0.29) is 17.7 Å². The van der Waals surface area contributed by atoms with Crippen LogP contribution in [0.2, 0.25) is 0 Å². The fourth-order valence-corrected chi connectivity index (χ4v) is 3.66. The monoisotopic (exact) mass is 358 g/mol. The molecule has 0 aliphatic carbocycles. The van der Waals surface area contributed by atoms with E-state index in [1.165, 1.54) is 0 Å². The van der Waals surface area contributed by atoms with Crippen LogP contribution in [0.25, 0.3) is 10.9 Å². The lowest BCUT2D eigenvalue weighted by atomic mass is 9.96. The maximum Gasteiger partial charge on any atom is 0.309 e. The minimum atomic E-state index is -0.113. The van der Waals surface area contributed by atoms with E-state index in [1.54, 1.807) is 7.11 Å². The SMILES string of the molecule is CCOC(=O)C1CCN(CC(=O)c2c(C)[nH]c3ccc(OC)cc23)CC1. The molecule has 0 amide bonds. The molecule has 6 heteroatoms. The van der Waals surface area contributed by atoms with Crippen LogP contribution in [-0.2, 0) is 9.53 Å². The third kappa shape index (κ3) is 3.75. The third-order valence-electron chi connectivity index (χ3n) is 5.05. The van der Waals surface area contributed by atoms with Crippen molar-refractivity contribution in [1.82, 2.24) is 9.88 Å². The number of rotatable bonds is 6. The number of carbonyl (C=O) groups is 2. The fourth-order valence-electron chi connectivity index (χ4n) is 3.66. The number of aryl methyl sites for hydroxylation is 1. The summed E-state index contributed by atoms with van der Waals surface area (Å²) >= 11 is 0. The molecule has 0 saturated carbocycles. The van der Waals surface area contributed by atoms with Gasteiger partial charge < -0.3 is 14.5 Å². The van der Waals surface area contributed by atoms with Crippen LogP contribution in [0.3, 0.4) is 0 Å². The van der Waals surface area contributed by atoms with Crippen molar-refractivity contribution in [2.45, 2.75) is 26.7 Å². The van der Waals surface area contributed by atoms with Crippen molar-refractivity contribution in [2.75, 3.05) is 33.4 Å². The number of aromatic nitrogens is 1. The maximum absolute atomic E-state index is 12.9. The van der Waals surface area contributed by atoms with Crippen LogP contribution in [-0.4, -0.2) is 55.0 Å². The number of hydrogen-bond acceptors (Lipinski definition) is 5. The van der Waals surface area contributed by atoms with Gasteiger partial charge in [-0.1, -0.05) is 0 Å². The number of methoxy groups -OCH3 is 1. The highest BCUT2D eigenvalue weighted by Crippen LogP contribution is 2.27. The second-order valence-electron chi connectivity index (χ2n) is 6.76. The number of aromatic amines is 1. The lowest BCUT2D eigenvalue weighted by Gasteiger charge is -2.30. The van der Waals surface area contributed by atoms with Gasteiger partial charge in [-0.2, -0.15) is 0 Å². The average Bonchev–Trinajstić information content (AvgIpc) is 2.97. The molecule has 2 heterocycles. The minimum Gasteiger partial charge on any atom is -0.497 e. The highest BCUT2D eigenvalue weighted by atomic mass is 16.5. The van der Waals surface area contributed by atoms with Crippen molar-refractivity contribution in [3.8, 4) is 5.75 Å². The van der Waals surface area contributed by atoms with Gasteiger partial charge >= 0.3 is 5.97 Å². The first-order chi connectivity index (χ1) is 12.5. The molecule has 0 bridgehead atoms. The molecule has 0 radical (unpaired) electrons. The van der Waals surface area contributed by atoms with Gasteiger partial charge in [-0.3, -0.25) is 14.5 Å². The molecule has 26 heavy (non-hydrogen) atoms. The second-order valence-corrected chi connectivity index (χ2v) is 6.76. The lowest BCUT2D eigenvalue weighted by Crippen LogP contribution is -2.39. The first kappa shape index (κ1) is 18.5. The zero-order valence-electron chi connectivity index (χ0n) is 15.6. The van der Waals surface area contributed by atoms with Crippen LogP contribution in [0.15, 0.2) is 18.2 Å². The molecule has 1 N–H and O–H groups in total. The molecule has 2 aromatic rings. The summed E-state index contributed by atoms with van der Waals surface area (Å²) < 4.78 is 10.4. The van der Waals surface area contributed by atoms with E-state index in [2.05, 4.69) is 9.88 Å². The van der Waals surface area contributed by atoms with Crippen molar-refractivity contribution < 1.29 is 19.1 Å². The summed E-state index contributed by atoms with van der Waals surface area (Å²) in [5.74, 6) is 0.677. The quantitative estimate of drug-likeness (QED) is 0.635. The number of benzene rings is 1. The number of nitrogens with one attached hydrogen (secondary N) is 1. The van der Waals surface area contributed by atoms with Crippen LogP contribution in [0.4, 0.5) is 0 Å². The molecule has 1 saturated heterocycles. The van der Waals surface area contributed by atoms with Crippen molar-refractivity contribution in [3.05, 3.63) is 29.5 Å². The van der Waals surface area contributed by atoms with Gasteiger partial charge in [0.25, 0.3) is 0 Å². The Hall–Kier alpha value is -2.34. The molecular formula is C20H26N2O4. The van der Waals surface area contributed by atoms with Gasteiger partial charge in [0.1, 0.15) is 5.75 Å². The van der Waals surface area contributed by atoms with Gasteiger partial charge in [0.05, 0.1) is 26.2 Å². The summed E-state index contributed by atoms with van der Waals surface area (Å²) in [5.41, 5.74) is 2.54. The zero-order chi connectivity index (χ0) is 18.7. The number of fused-ring (bicyclic) bond motifs is 1. The van der Waals surface area contributed by atoms with E-state index < -0.39 is 0 Å². The van der Waals surface area contributed by atoms with Gasteiger partial charge in [0, 0.05) is 22.2 Å². The summed E-state index contributed by atoms with van der Waals surface area (Å²) in [6.45, 7) is 6.00. The molecule has 1 fully saturated rings. The molecule has 1 aromatic carbocycles. The van der Waals surface area contributed by atoms with E-state index in [1.807, 2.05) is 32.0 Å². The van der Waals surface area contributed by atoms with E-state index in [4.69, 9.17) is 9.47 Å². The summed E-state index contributed by atoms with van der Waals surface area (Å²) in [4.78, 5) is 30.2. The molecule has 1 aromatic heterocycles. The first-order valence-corrected chi connectivity index (χ1v) is 9.12. The number of ketones is 1.